The first-order valence-electron chi connectivity index (χ1n) is 12.7. The number of benzene rings is 2. The summed E-state index contributed by atoms with van der Waals surface area (Å²) in [6.07, 6.45) is -3.52. The molecule has 2 aromatic carbocycles. The molecule has 0 spiro atoms. The highest BCUT2D eigenvalue weighted by Gasteiger charge is 2.35. The fourth-order valence-electron chi connectivity index (χ4n) is 4.54. The minimum Gasteiger partial charge on any atom is -0.366 e. The van der Waals surface area contributed by atoms with Crippen LogP contribution in [0.3, 0.4) is 0 Å². The zero-order valence-electron chi connectivity index (χ0n) is 22.3. The van der Waals surface area contributed by atoms with Gasteiger partial charge in [0.15, 0.2) is 5.69 Å². The highest BCUT2D eigenvalue weighted by molar-refractivity contribution is 5.94. The van der Waals surface area contributed by atoms with Gasteiger partial charge in [0, 0.05) is 23.5 Å². The predicted molar refractivity (Wildman–Crippen MR) is 140 cm³/mol. The van der Waals surface area contributed by atoms with Gasteiger partial charge in [0.1, 0.15) is 24.0 Å². The third-order valence-electron chi connectivity index (χ3n) is 6.40. The molecule has 0 saturated carbocycles. The highest BCUT2D eigenvalue weighted by Crippen LogP contribution is 2.32. The molecule has 0 saturated heterocycles. The standard InChI is InChI=1S/C29H25F6N5O2/c1-15(2)24-13-25(29(33,34)35)39-40(24)14-26(41)38-23(10-16-8-18(30)12-19(31)9-16)27-20(4-3-7-37-27)17-5-6-22(32)21(11-17)28(36)42/h3-9,11-13,15,23H,10,14H2,1-2H3,(H2,36,42)(H,38,41)/t23-/m0/s1. The molecule has 7 nitrogen and oxygen atoms in total. The number of hydrogen-bond acceptors (Lipinski definition) is 4. The van der Waals surface area contributed by atoms with Crippen molar-refractivity contribution in [1.82, 2.24) is 20.1 Å². The zero-order chi connectivity index (χ0) is 30.8. The topological polar surface area (TPSA) is 103 Å². The number of carbonyl (C=O) groups excluding carboxylic acids is 2. The van der Waals surface area contributed by atoms with E-state index in [1.807, 2.05) is 0 Å². The SMILES string of the molecule is CC(C)c1cc(C(F)(F)F)nn1CC(=O)N[C@@H](Cc1cc(F)cc(F)c1)c1ncccc1-c1ccc(F)c(C(N)=O)c1. The van der Waals surface area contributed by atoms with E-state index < -0.39 is 65.2 Å². The third-order valence-corrected chi connectivity index (χ3v) is 6.40. The van der Waals surface area contributed by atoms with Crippen LogP contribution in [0.15, 0.2) is 60.8 Å². The molecule has 2 aromatic heterocycles. The fraction of sp³-hybridized carbons (Fsp3) is 0.241. The van der Waals surface area contributed by atoms with E-state index in [1.54, 1.807) is 26.0 Å². The number of alkyl halides is 3. The second kappa shape index (κ2) is 12.0. The summed E-state index contributed by atoms with van der Waals surface area (Å²) in [4.78, 5) is 29.3. The predicted octanol–water partition coefficient (Wildman–Crippen LogP) is 5.70. The molecule has 0 bridgehead atoms. The molecule has 220 valence electrons. The van der Waals surface area contributed by atoms with Crippen LogP contribution in [0.4, 0.5) is 26.3 Å². The average Bonchev–Trinajstić information content (AvgIpc) is 3.32. The van der Waals surface area contributed by atoms with Crippen LogP contribution >= 0.6 is 0 Å². The molecule has 13 heteroatoms. The van der Waals surface area contributed by atoms with Crippen LogP contribution in [0.25, 0.3) is 11.1 Å². The molecule has 0 radical (unpaired) electrons. The number of aromatic nitrogens is 3. The number of carbonyl (C=O) groups is 2. The Morgan fingerprint density at radius 1 is 1.00 bits per heavy atom. The van der Waals surface area contributed by atoms with E-state index >= 15 is 0 Å². The van der Waals surface area contributed by atoms with E-state index in [9.17, 15) is 35.9 Å². The van der Waals surface area contributed by atoms with E-state index in [0.717, 1.165) is 28.9 Å². The van der Waals surface area contributed by atoms with Crippen molar-refractivity contribution in [2.45, 2.75) is 44.9 Å². The van der Waals surface area contributed by atoms with Crippen LogP contribution in [0.5, 0.6) is 0 Å². The maximum atomic E-state index is 14.2. The molecule has 3 N–H and O–H groups in total. The summed E-state index contributed by atoms with van der Waals surface area (Å²) in [5.74, 6) is -4.75. The molecule has 1 atom stereocenters. The van der Waals surface area contributed by atoms with Crippen molar-refractivity contribution < 1.29 is 35.9 Å². The van der Waals surface area contributed by atoms with Crippen LogP contribution < -0.4 is 11.1 Å². The van der Waals surface area contributed by atoms with E-state index in [1.165, 1.54) is 18.3 Å². The molecular formula is C29H25F6N5O2. The van der Waals surface area contributed by atoms with Gasteiger partial charge in [-0.15, -0.1) is 0 Å². The lowest BCUT2D eigenvalue weighted by Crippen LogP contribution is -2.34. The van der Waals surface area contributed by atoms with E-state index in [4.69, 9.17) is 5.73 Å². The Hall–Kier alpha value is -4.68. The van der Waals surface area contributed by atoms with Crippen molar-refractivity contribution in [2.24, 2.45) is 5.73 Å². The first-order chi connectivity index (χ1) is 19.7. The largest absolute Gasteiger partial charge is 0.435 e. The number of rotatable bonds is 9. The van der Waals surface area contributed by atoms with Crippen molar-refractivity contribution in [3.05, 3.63) is 106 Å². The molecule has 0 aliphatic rings. The number of pyridine rings is 1. The van der Waals surface area contributed by atoms with Crippen LogP contribution in [0.2, 0.25) is 0 Å². The molecule has 0 aliphatic carbocycles. The number of nitrogens with zero attached hydrogens (tertiary/aromatic N) is 3. The van der Waals surface area contributed by atoms with Gasteiger partial charge in [0.25, 0.3) is 5.91 Å². The highest BCUT2D eigenvalue weighted by atomic mass is 19.4. The second-order valence-electron chi connectivity index (χ2n) is 9.86. The normalized spacial score (nSPS) is 12.4. The summed E-state index contributed by atoms with van der Waals surface area (Å²) >= 11 is 0. The van der Waals surface area contributed by atoms with E-state index in [2.05, 4.69) is 15.4 Å². The second-order valence-corrected chi connectivity index (χ2v) is 9.86. The molecule has 4 aromatic rings. The average molecular weight is 590 g/mol. The van der Waals surface area contributed by atoms with Crippen molar-refractivity contribution >= 4 is 11.8 Å². The molecule has 2 heterocycles. The number of amides is 2. The van der Waals surface area contributed by atoms with Gasteiger partial charge in [0.05, 0.1) is 17.3 Å². The molecule has 42 heavy (non-hydrogen) atoms. The Balaban J connectivity index is 1.75. The summed E-state index contributed by atoms with van der Waals surface area (Å²) in [5, 5.41) is 6.25. The van der Waals surface area contributed by atoms with Gasteiger partial charge < -0.3 is 11.1 Å². The van der Waals surface area contributed by atoms with Gasteiger partial charge in [-0.05, 0) is 59.9 Å². The molecule has 0 fully saturated rings. The summed E-state index contributed by atoms with van der Waals surface area (Å²) in [5.41, 5.74) is 4.88. The lowest BCUT2D eigenvalue weighted by molar-refractivity contribution is -0.141. The smallest absolute Gasteiger partial charge is 0.366 e. The van der Waals surface area contributed by atoms with Gasteiger partial charge in [-0.25, -0.2) is 13.2 Å². The van der Waals surface area contributed by atoms with Crippen molar-refractivity contribution in [2.75, 3.05) is 0 Å². The monoisotopic (exact) mass is 589 g/mol. The zero-order valence-corrected chi connectivity index (χ0v) is 22.3. The van der Waals surface area contributed by atoms with Crippen molar-refractivity contribution in [3.63, 3.8) is 0 Å². The maximum absolute atomic E-state index is 14.2. The minimum atomic E-state index is -4.73. The molecular weight excluding hydrogens is 564 g/mol. The molecule has 0 aliphatic heterocycles. The summed E-state index contributed by atoms with van der Waals surface area (Å²) in [6, 6.07) is 9.32. The Bertz CT molecular complexity index is 1610. The van der Waals surface area contributed by atoms with Crippen molar-refractivity contribution in [1.29, 1.82) is 0 Å². The third kappa shape index (κ3) is 6.96. The maximum Gasteiger partial charge on any atom is 0.435 e. The summed E-state index contributed by atoms with van der Waals surface area (Å²) < 4.78 is 83.2. The molecule has 4 rings (SSSR count). The first kappa shape index (κ1) is 30.3. The van der Waals surface area contributed by atoms with Gasteiger partial charge in [-0.3, -0.25) is 19.3 Å². The van der Waals surface area contributed by atoms with Gasteiger partial charge in [0.2, 0.25) is 5.91 Å². The minimum absolute atomic E-state index is 0.146. The van der Waals surface area contributed by atoms with Crippen LogP contribution in [0, 0.1) is 17.5 Å². The van der Waals surface area contributed by atoms with Crippen molar-refractivity contribution in [3.8, 4) is 11.1 Å². The number of nitrogens with two attached hydrogens (primary N) is 1. The number of primary amides is 1. The van der Waals surface area contributed by atoms with Crippen LogP contribution in [-0.2, 0) is 23.9 Å². The lowest BCUT2D eigenvalue weighted by atomic mass is 9.94. The van der Waals surface area contributed by atoms with Crippen LogP contribution in [0.1, 0.15) is 58.8 Å². The lowest BCUT2D eigenvalue weighted by Gasteiger charge is -2.22. The Labute approximate surface area is 236 Å². The molecule has 2 amide bonds. The number of nitrogens with one attached hydrogen (secondary N) is 1. The fourth-order valence-corrected chi connectivity index (χ4v) is 4.54. The first-order valence-corrected chi connectivity index (χ1v) is 12.7. The Morgan fingerprint density at radius 3 is 2.31 bits per heavy atom. The van der Waals surface area contributed by atoms with E-state index in [0.29, 0.717) is 17.2 Å². The number of hydrogen-bond donors (Lipinski definition) is 2. The summed E-state index contributed by atoms with van der Waals surface area (Å²) in [6.45, 7) is 2.70. The Kier molecular flexibility index (Phi) is 8.69. The van der Waals surface area contributed by atoms with E-state index in [-0.39, 0.29) is 23.4 Å². The van der Waals surface area contributed by atoms with Gasteiger partial charge >= 0.3 is 6.18 Å². The quantitative estimate of drug-likeness (QED) is 0.245. The Morgan fingerprint density at radius 2 is 1.69 bits per heavy atom. The molecule has 0 unspecified atom stereocenters. The van der Waals surface area contributed by atoms with Gasteiger partial charge in [-0.1, -0.05) is 26.0 Å². The van der Waals surface area contributed by atoms with Crippen LogP contribution in [-0.4, -0.2) is 26.6 Å². The van der Waals surface area contributed by atoms with Gasteiger partial charge in [-0.2, -0.15) is 18.3 Å². The summed E-state index contributed by atoms with van der Waals surface area (Å²) in [7, 11) is 0. The number of halogens is 6.